The van der Waals surface area contributed by atoms with E-state index in [0.29, 0.717) is 11.7 Å². The van der Waals surface area contributed by atoms with Crippen molar-refractivity contribution in [3.05, 3.63) is 48.0 Å². The minimum Gasteiger partial charge on any atom is -0.497 e. The molecule has 1 saturated heterocycles. The highest BCUT2D eigenvalue weighted by atomic mass is 35.5. The molecule has 0 radical (unpaired) electrons. The summed E-state index contributed by atoms with van der Waals surface area (Å²) in [4.78, 5) is 22.6. The number of hydrogen-bond acceptors (Lipinski definition) is 8. The average molecular weight is 568 g/mol. The van der Waals surface area contributed by atoms with Crippen LogP contribution in [0.2, 0.25) is 0 Å². The lowest BCUT2D eigenvalue weighted by Crippen LogP contribution is -2.39. The molecular weight excluding hydrogens is 534 g/mol. The molecule has 2 heterocycles. The van der Waals surface area contributed by atoms with Gasteiger partial charge < -0.3 is 9.47 Å². The number of sulfone groups is 1. The number of anilines is 1. The number of morpholine rings is 1. The molecule has 4 rings (SSSR count). The summed E-state index contributed by atoms with van der Waals surface area (Å²) < 4.78 is 36.6. The fraction of sp³-hybridized carbons (Fsp3) is 0.462. The number of carbonyl (C=O) groups excluding carboxylic acids is 1. The second-order valence-corrected chi connectivity index (χ2v) is 12.6. The first kappa shape index (κ1) is 29.3. The number of benzene rings is 2. The van der Waals surface area contributed by atoms with Crippen molar-refractivity contribution in [1.29, 1.82) is 0 Å². The van der Waals surface area contributed by atoms with E-state index in [1.165, 1.54) is 11.3 Å². The zero-order valence-electron chi connectivity index (χ0n) is 21.4. The summed E-state index contributed by atoms with van der Waals surface area (Å²) in [5, 5.41) is 0.161. The lowest BCUT2D eigenvalue weighted by molar-refractivity contribution is -0.118. The monoisotopic (exact) mass is 567 g/mol. The van der Waals surface area contributed by atoms with Crippen LogP contribution >= 0.6 is 23.7 Å². The van der Waals surface area contributed by atoms with Gasteiger partial charge in [-0.1, -0.05) is 23.5 Å². The number of thiazole rings is 1. The fourth-order valence-corrected chi connectivity index (χ4v) is 6.18. The number of hydrogen-bond donors (Lipinski definition) is 0. The Bertz CT molecular complexity index is 1290. The van der Waals surface area contributed by atoms with Crippen molar-refractivity contribution in [1.82, 2.24) is 9.88 Å². The Labute approximate surface area is 228 Å². The van der Waals surface area contributed by atoms with E-state index in [1.807, 2.05) is 18.2 Å². The number of nitrogens with zero attached hydrogens (tertiary/aromatic N) is 3. The predicted molar refractivity (Wildman–Crippen MR) is 150 cm³/mol. The molecule has 1 amide bonds. The van der Waals surface area contributed by atoms with Crippen LogP contribution in [0, 0.1) is 0 Å². The third kappa shape index (κ3) is 7.20. The maximum absolute atomic E-state index is 13.5. The molecule has 1 fully saturated rings. The molecule has 3 aromatic rings. The quantitative estimate of drug-likeness (QED) is 0.362. The van der Waals surface area contributed by atoms with Crippen LogP contribution in [0.4, 0.5) is 5.13 Å². The zero-order valence-corrected chi connectivity index (χ0v) is 23.8. The topological polar surface area (TPSA) is 89.0 Å². The molecule has 1 aromatic heterocycles. The summed E-state index contributed by atoms with van der Waals surface area (Å²) in [6, 6.07) is 12.3. The summed E-state index contributed by atoms with van der Waals surface area (Å²) in [7, 11) is -1.73. The number of amides is 1. The van der Waals surface area contributed by atoms with E-state index in [2.05, 4.69) is 4.90 Å². The highest BCUT2D eigenvalue weighted by Gasteiger charge is 2.22. The van der Waals surface area contributed by atoms with Crippen LogP contribution in [-0.4, -0.2) is 76.0 Å². The first-order valence-corrected chi connectivity index (χ1v) is 14.5. The Balaban J connectivity index is 0.00000380. The Morgan fingerprint density at radius 3 is 2.51 bits per heavy atom. The van der Waals surface area contributed by atoms with E-state index in [1.54, 1.807) is 50.1 Å². The van der Waals surface area contributed by atoms with E-state index < -0.39 is 15.1 Å². The molecule has 1 aliphatic heterocycles. The maximum atomic E-state index is 13.5. The Morgan fingerprint density at radius 1 is 1.16 bits per heavy atom. The minimum absolute atomic E-state index is 0. The number of halogens is 1. The molecular formula is C26H34ClN3O5S2. The maximum Gasteiger partial charge on any atom is 0.233 e. The Kier molecular flexibility index (Phi) is 10.3. The summed E-state index contributed by atoms with van der Waals surface area (Å²) in [6.07, 6.45) is 0.982. The molecule has 0 saturated carbocycles. The second kappa shape index (κ2) is 13.0. The van der Waals surface area contributed by atoms with Crippen LogP contribution in [0.25, 0.3) is 10.2 Å². The van der Waals surface area contributed by atoms with Gasteiger partial charge >= 0.3 is 0 Å². The molecule has 202 valence electrons. The van der Waals surface area contributed by atoms with E-state index in [9.17, 15) is 13.2 Å². The largest absolute Gasteiger partial charge is 0.497 e. The van der Waals surface area contributed by atoms with Gasteiger partial charge in [0, 0.05) is 26.2 Å². The third-order valence-corrected chi connectivity index (χ3v) is 9.52. The summed E-state index contributed by atoms with van der Waals surface area (Å²) >= 11 is 1.47. The van der Waals surface area contributed by atoms with Crippen molar-refractivity contribution < 1.29 is 22.7 Å². The van der Waals surface area contributed by atoms with Gasteiger partial charge in [-0.3, -0.25) is 14.6 Å². The first-order valence-electron chi connectivity index (χ1n) is 12.2. The van der Waals surface area contributed by atoms with Crippen LogP contribution in [0.5, 0.6) is 5.75 Å². The number of ether oxygens (including phenoxy) is 2. The van der Waals surface area contributed by atoms with Crippen molar-refractivity contribution in [3.8, 4) is 5.75 Å². The molecule has 11 heteroatoms. The average Bonchev–Trinajstić information content (AvgIpc) is 3.30. The molecule has 1 aliphatic rings. The van der Waals surface area contributed by atoms with Crippen LogP contribution in [0.15, 0.2) is 47.4 Å². The van der Waals surface area contributed by atoms with Gasteiger partial charge in [-0.15, -0.1) is 12.4 Å². The zero-order chi connectivity index (χ0) is 25.7. The number of carbonyl (C=O) groups is 1. The lowest BCUT2D eigenvalue weighted by atomic mass is 10.1. The smallest absolute Gasteiger partial charge is 0.233 e. The van der Waals surface area contributed by atoms with Gasteiger partial charge in [-0.2, -0.15) is 0 Å². The van der Waals surface area contributed by atoms with Crippen molar-refractivity contribution in [2.45, 2.75) is 36.8 Å². The fourth-order valence-electron chi connectivity index (χ4n) is 4.08. The van der Waals surface area contributed by atoms with E-state index in [0.717, 1.165) is 60.8 Å². The van der Waals surface area contributed by atoms with Crippen molar-refractivity contribution in [2.24, 2.45) is 0 Å². The van der Waals surface area contributed by atoms with Gasteiger partial charge in [-0.25, -0.2) is 13.4 Å². The van der Waals surface area contributed by atoms with E-state index >= 15 is 0 Å². The number of fused-ring (bicyclic) bond motifs is 1. The summed E-state index contributed by atoms with van der Waals surface area (Å²) in [5.41, 5.74) is 1.59. The number of methoxy groups -OCH3 is 1. The first-order chi connectivity index (χ1) is 17.3. The molecule has 37 heavy (non-hydrogen) atoms. The van der Waals surface area contributed by atoms with Crippen molar-refractivity contribution in [2.75, 3.05) is 51.4 Å². The summed E-state index contributed by atoms with van der Waals surface area (Å²) in [5.74, 6) is 0.682. The van der Waals surface area contributed by atoms with Crippen LogP contribution in [0.3, 0.4) is 0 Å². The lowest BCUT2D eigenvalue weighted by Gasteiger charge is -2.27. The molecule has 8 nitrogen and oxygen atoms in total. The highest BCUT2D eigenvalue weighted by molar-refractivity contribution is 7.92. The van der Waals surface area contributed by atoms with E-state index in [-0.39, 0.29) is 29.6 Å². The molecule has 0 aliphatic carbocycles. The summed E-state index contributed by atoms with van der Waals surface area (Å²) in [6.45, 7) is 8.04. The standard InChI is InChI=1S/C26H33N3O5S2.ClH/c1-19(2)36(31,32)22-8-5-20(6-9-22)17-25(30)29(12-4-11-28-13-15-34-16-14-28)26-27-23-10-7-21(33-3)18-24(23)35-26;/h5-10,18-19H,4,11-17H2,1-3H3;1H. The van der Waals surface area contributed by atoms with Crippen LogP contribution in [-0.2, 0) is 25.8 Å². The minimum atomic E-state index is -3.35. The van der Waals surface area contributed by atoms with Gasteiger partial charge in [0.15, 0.2) is 15.0 Å². The van der Waals surface area contributed by atoms with E-state index in [4.69, 9.17) is 14.5 Å². The third-order valence-electron chi connectivity index (χ3n) is 6.30. The SMILES string of the molecule is COc1ccc2nc(N(CCCN3CCOCC3)C(=O)Cc3ccc(S(=O)(=O)C(C)C)cc3)sc2c1.Cl. The van der Waals surface area contributed by atoms with Gasteiger partial charge in [0.05, 0.1) is 47.1 Å². The molecule has 0 unspecified atom stereocenters. The van der Waals surface area contributed by atoms with Gasteiger partial charge in [0.25, 0.3) is 0 Å². The highest BCUT2D eigenvalue weighted by Crippen LogP contribution is 2.32. The second-order valence-electron chi connectivity index (χ2n) is 9.10. The molecule has 0 spiro atoms. The number of rotatable bonds is 10. The molecule has 2 aromatic carbocycles. The van der Waals surface area contributed by atoms with Crippen LogP contribution < -0.4 is 9.64 Å². The normalized spacial score (nSPS) is 14.5. The van der Waals surface area contributed by atoms with Gasteiger partial charge in [-0.05, 0) is 56.2 Å². The number of aromatic nitrogens is 1. The Hall–Kier alpha value is -2.24. The van der Waals surface area contributed by atoms with Gasteiger partial charge in [0.1, 0.15) is 5.75 Å². The van der Waals surface area contributed by atoms with Crippen molar-refractivity contribution in [3.63, 3.8) is 0 Å². The van der Waals surface area contributed by atoms with Gasteiger partial charge in [0.2, 0.25) is 5.91 Å². The molecule has 0 atom stereocenters. The van der Waals surface area contributed by atoms with Crippen LogP contribution in [0.1, 0.15) is 25.8 Å². The van der Waals surface area contributed by atoms with Crippen molar-refractivity contribution >= 4 is 54.8 Å². The molecule has 0 N–H and O–H groups in total. The predicted octanol–water partition coefficient (Wildman–Crippen LogP) is 4.21. The molecule has 0 bridgehead atoms. The Morgan fingerprint density at radius 2 is 1.86 bits per heavy atom.